The molecule has 2 N–H and O–H groups in total. The van der Waals surface area contributed by atoms with Crippen molar-refractivity contribution in [2.75, 3.05) is 17.7 Å². The van der Waals surface area contributed by atoms with Gasteiger partial charge in [0.25, 0.3) is 0 Å². The van der Waals surface area contributed by atoms with Gasteiger partial charge in [0.05, 0.1) is 28.2 Å². The molecule has 0 aliphatic rings. The van der Waals surface area contributed by atoms with Crippen LogP contribution in [0.2, 0.25) is 10.0 Å². The van der Waals surface area contributed by atoms with Crippen LogP contribution in [-0.4, -0.2) is 13.1 Å². The zero-order valence-corrected chi connectivity index (χ0v) is 10.7. The Bertz CT molecular complexity index is 403. The third kappa shape index (κ3) is 2.72. The Morgan fingerprint density at radius 1 is 1.44 bits per heavy atom. The molecule has 0 aliphatic carbocycles. The molecule has 0 aromatic heterocycles. The van der Waals surface area contributed by atoms with Crippen LogP contribution in [0.5, 0.6) is 0 Å². The van der Waals surface area contributed by atoms with Crippen LogP contribution in [0, 0.1) is 11.3 Å². The van der Waals surface area contributed by atoms with Gasteiger partial charge in [-0.1, -0.05) is 23.2 Å². The monoisotopic (exact) mass is 257 g/mol. The van der Waals surface area contributed by atoms with Crippen molar-refractivity contribution in [3.05, 3.63) is 22.2 Å². The maximum absolute atomic E-state index is 8.65. The second-order valence-electron chi connectivity index (χ2n) is 3.66. The second kappa shape index (κ2) is 5.29. The van der Waals surface area contributed by atoms with Gasteiger partial charge in [-0.3, -0.25) is 0 Å². The Balaban J connectivity index is 3.09. The number of hydrogen-bond acceptors (Lipinski definition) is 3. The summed E-state index contributed by atoms with van der Waals surface area (Å²) in [5, 5.41) is 9.65. The van der Waals surface area contributed by atoms with Crippen LogP contribution in [0.3, 0.4) is 0 Å². The predicted octanol–water partition coefficient (Wildman–Crippen LogP) is 3.31. The van der Waals surface area contributed by atoms with Crippen LogP contribution in [0.15, 0.2) is 12.1 Å². The Morgan fingerprint density at radius 2 is 1.94 bits per heavy atom. The minimum atomic E-state index is 0.0450. The summed E-state index contributed by atoms with van der Waals surface area (Å²) in [7, 11) is 1.85. The van der Waals surface area contributed by atoms with Crippen LogP contribution < -0.4 is 10.6 Å². The molecule has 0 saturated heterocycles. The number of hydrogen-bond donors (Lipinski definition) is 1. The number of benzene rings is 1. The highest BCUT2D eigenvalue weighted by Gasteiger charge is 2.16. The molecule has 0 spiro atoms. The summed E-state index contributed by atoms with van der Waals surface area (Å²) >= 11 is 12.2. The number of rotatable bonds is 3. The fourth-order valence-electron chi connectivity index (χ4n) is 1.41. The number of nitrogen functional groups attached to an aromatic ring is 1. The van der Waals surface area contributed by atoms with E-state index in [-0.39, 0.29) is 6.04 Å². The van der Waals surface area contributed by atoms with Crippen LogP contribution >= 0.6 is 23.2 Å². The molecule has 0 fully saturated rings. The molecule has 1 aromatic carbocycles. The number of halogens is 2. The van der Waals surface area contributed by atoms with Crippen molar-refractivity contribution in [1.82, 2.24) is 0 Å². The first kappa shape index (κ1) is 13.0. The molecule has 16 heavy (non-hydrogen) atoms. The maximum Gasteiger partial charge on any atom is 0.0746 e. The van der Waals surface area contributed by atoms with Gasteiger partial charge in [0, 0.05) is 18.8 Å². The second-order valence-corrected chi connectivity index (χ2v) is 4.47. The molecule has 0 radical (unpaired) electrons. The van der Waals surface area contributed by atoms with Crippen molar-refractivity contribution in [3.63, 3.8) is 0 Å². The number of nitrogens with two attached hydrogens (primary N) is 1. The molecule has 1 rings (SSSR count). The van der Waals surface area contributed by atoms with Gasteiger partial charge in [-0.15, -0.1) is 0 Å². The van der Waals surface area contributed by atoms with Crippen LogP contribution in [0.4, 0.5) is 11.4 Å². The highest BCUT2D eigenvalue weighted by Crippen LogP contribution is 2.36. The summed E-state index contributed by atoms with van der Waals surface area (Å²) in [5.74, 6) is 0. The van der Waals surface area contributed by atoms with Crippen molar-refractivity contribution in [2.45, 2.75) is 19.4 Å². The van der Waals surface area contributed by atoms with E-state index in [0.717, 1.165) is 0 Å². The Morgan fingerprint density at radius 3 is 2.38 bits per heavy atom. The lowest BCUT2D eigenvalue weighted by atomic mass is 10.2. The van der Waals surface area contributed by atoms with Gasteiger partial charge in [-0.05, 0) is 19.1 Å². The molecular weight excluding hydrogens is 245 g/mol. The molecule has 0 saturated carbocycles. The van der Waals surface area contributed by atoms with E-state index in [4.69, 9.17) is 34.2 Å². The molecule has 0 aliphatic heterocycles. The average molecular weight is 258 g/mol. The molecule has 1 aromatic rings. The summed E-state index contributed by atoms with van der Waals surface area (Å²) < 4.78 is 0. The molecule has 0 amide bonds. The molecule has 5 heteroatoms. The lowest BCUT2D eigenvalue weighted by Gasteiger charge is -2.27. The lowest BCUT2D eigenvalue weighted by molar-refractivity contribution is 0.703. The zero-order chi connectivity index (χ0) is 12.3. The minimum Gasteiger partial charge on any atom is -0.399 e. The van der Waals surface area contributed by atoms with Gasteiger partial charge in [0.1, 0.15) is 0 Å². The van der Waals surface area contributed by atoms with E-state index in [1.807, 2.05) is 18.9 Å². The summed E-state index contributed by atoms with van der Waals surface area (Å²) in [6, 6.07) is 5.46. The fourth-order valence-corrected chi connectivity index (χ4v) is 2.18. The topological polar surface area (TPSA) is 53.0 Å². The van der Waals surface area contributed by atoms with Gasteiger partial charge in [0.15, 0.2) is 0 Å². The first-order chi connectivity index (χ1) is 7.47. The Kier molecular flexibility index (Phi) is 4.28. The Labute approximate surface area is 105 Å². The molecule has 0 bridgehead atoms. The summed E-state index contributed by atoms with van der Waals surface area (Å²) in [6.45, 7) is 1.94. The normalized spacial score (nSPS) is 11.9. The van der Waals surface area contributed by atoms with Crippen LogP contribution in [-0.2, 0) is 0 Å². The molecule has 1 atom stereocenters. The van der Waals surface area contributed by atoms with Crippen molar-refractivity contribution in [1.29, 1.82) is 5.26 Å². The van der Waals surface area contributed by atoms with Gasteiger partial charge >= 0.3 is 0 Å². The third-order valence-corrected chi connectivity index (χ3v) is 3.02. The number of anilines is 2. The molecular formula is C11H13Cl2N3. The average Bonchev–Trinajstić information content (AvgIpc) is 2.16. The van der Waals surface area contributed by atoms with Crippen LogP contribution in [0.1, 0.15) is 13.3 Å². The lowest BCUT2D eigenvalue weighted by Crippen LogP contribution is -2.28. The summed E-state index contributed by atoms with van der Waals surface area (Å²) in [6.07, 6.45) is 0.410. The molecule has 1 unspecified atom stereocenters. The molecule has 86 valence electrons. The minimum absolute atomic E-state index is 0.0450. The smallest absolute Gasteiger partial charge is 0.0746 e. The summed E-state index contributed by atoms with van der Waals surface area (Å²) in [4.78, 5) is 1.88. The van der Waals surface area contributed by atoms with E-state index in [9.17, 15) is 0 Å². The SMILES string of the molecule is CC(CC#N)N(C)c1c(Cl)cc(N)cc1Cl. The number of nitriles is 1. The highest BCUT2D eigenvalue weighted by molar-refractivity contribution is 6.39. The van der Waals surface area contributed by atoms with Gasteiger partial charge < -0.3 is 10.6 Å². The standard InChI is InChI=1S/C11H13Cl2N3/c1-7(3-4-14)16(2)11-9(12)5-8(15)6-10(11)13/h5-7H,3,15H2,1-2H3. The number of nitrogens with zero attached hydrogens (tertiary/aromatic N) is 2. The zero-order valence-electron chi connectivity index (χ0n) is 9.17. The van der Waals surface area contributed by atoms with E-state index in [0.29, 0.717) is 27.8 Å². The van der Waals surface area contributed by atoms with E-state index < -0.39 is 0 Å². The largest absolute Gasteiger partial charge is 0.399 e. The third-order valence-electron chi connectivity index (χ3n) is 2.44. The quantitative estimate of drug-likeness (QED) is 0.846. The maximum atomic E-state index is 8.65. The first-order valence-electron chi connectivity index (χ1n) is 4.81. The van der Waals surface area contributed by atoms with E-state index in [1.54, 1.807) is 12.1 Å². The van der Waals surface area contributed by atoms with Gasteiger partial charge in [-0.2, -0.15) is 5.26 Å². The van der Waals surface area contributed by atoms with Crippen molar-refractivity contribution >= 4 is 34.6 Å². The van der Waals surface area contributed by atoms with E-state index >= 15 is 0 Å². The summed E-state index contributed by atoms with van der Waals surface area (Å²) in [5.41, 5.74) is 6.86. The van der Waals surface area contributed by atoms with E-state index in [2.05, 4.69) is 6.07 Å². The Hall–Kier alpha value is -1.11. The molecule has 0 heterocycles. The van der Waals surface area contributed by atoms with Gasteiger partial charge in [-0.25, -0.2) is 0 Å². The highest BCUT2D eigenvalue weighted by atomic mass is 35.5. The van der Waals surface area contributed by atoms with Crippen LogP contribution in [0.25, 0.3) is 0 Å². The van der Waals surface area contributed by atoms with Crippen molar-refractivity contribution < 1.29 is 0 Å². The van der Waals surface area contributed by atoms with Gasteiger partial charge in [0.2, 0.25) is 0 Å². The van der Waals surface area contributed by atoms with Crippen molar-refractivity contribution in [3.8, 4) is 6.07 Å². The predicted molar refractivity (Wildman–Crippen MR) is 69.0 cm³/mol. The van der Waals surface area contributed by atoms with Crippen molar-refractivity contribution in [2.24, 2.45) is 0 Å². The molecule has 3 nitrogen and oxygen atoms in total. The first-order valence-corrected chi connectivity index (χ1v) is 5.57. The van der Waals surface area contributed by atoms with E-state index in [1.165, 1.54) is 0 Å². The fraction of sp³-hybridized carbons (Fsp3) is 0.364.